The number of rotatable bonds is 12. The lowest BCUT2D eigenvalue weighted by molar-refractivity contribution is -0.116. The number of piperazine rings is 1. The number of carbonyl (C=O) groups excluding carboxylic acids is 1. The van der Waals surface area contributed by atoms with Crippen LogP contribution in [0.4, 0.5) is 17.1 Å². The molecule has 3 aromatic carbocycles. The maximum Gasteiger partial charge on any atom is 0.261 e. The molecule has 0 unspecified atom stereocenters. The molecule has 0 aliphatic carbocycles. The number of carbonyl (C=O) groups is 1. The fourth-order valence-corrected chi connectivity index (χ4v) is 10.4. The summed E-state index contributed by atoms with van der Waals surface area (Å²) in [5.41, 5.74) is 8.55. The number of benzene rings is 3. The van der Waals surface area contributed by atoms with Gasteiger partial charge in [0.15, 0.2) is 0 Å². The largest absolute Gasteiger partial charge is 0.407 e. The molecule has 0 atom stereocenters. The van der Waals surface area contributed by atoms with Gasteiger partial charge in [-0.3, -0.25) is 9.69 Å². The molecular weight excluding hydrogens is 528 g/mol. The summed E-state index contributed by atoms with van der Waals surface area (Å²) in [6.45, 7) is 12.7. The van der Waals surface area contributed by atoms with Gasteiger partial charge in [-0.2, -0.15) is 0 Å². The molecule has 1 aliphatic rings. The van der Waals surface area contributed by atoms with Gasteiger partial charge < -0.3 is 25.1 Å². The number of ether oxygens (including phenoxy) is 1. The summed E-state index contributed by atoms with van der Waals surface area (Å²) in [7, 11) is -0.878. The van der Waals surface area contributed by atoms with E-state index < -0.39 is 8.32 Å². The minimum atomic E-state index is -2.62. The molecule has 220 valence electrons. The first kappa shape index (κ1) is 30.8. The third-order valence-corrected chi connectivity index (χ3v) is 12.9. The minimum Gasteiger partial charge on any atom is -0.407 e. The van der Waals surface area contributed by atoms with Gasteiger partial charge in [0, 0.05) is 58.5 Å². The molecule has 0 bridgehead atoms. The smallest absolute Gasteiger partial charge is 0.261 e. The zero-order valence-corrected chi connectivity index (χ0v) is 26.1. The molecule has 0 saturated carbocycles. The number of hydrogen-bond donors (Lipinski definition) is 2. The van der Waals surface area contributed by atoms with Gasteiger partial charge >= 0.3 is 0 Å². The van der Waals surface area contributed by atoms with Crippen LogP contribution in [0.3, 0.4) is 0 Å². The summed E-state index contributed by atoms with van der Waals surface area (Å²) in [6.07, 6.45) is 1.00. The summed E-state index contributed by atoms with van der Waals surface area (Å²) in [5, 5.41) is 5.54. The molecule has 1 amide bonds. The van der Waals surface area contributed by atoms with Crippen molar-refractivity contribution in [1.29, 1.82) is 0 Å². The Labute approximate surface area is 246 Å². The second kappa shape index (κ2) is 14.1. The number of anilines is 3. The maximum atomic E-state index is 13.2. The van der Waals surface area contributed by atoms with Gasteiger partial charge in [0.25, 0.3) is 8.32 Å². The SMILES string of the molecule is COCCN1CCN(c2ccc(N)cc2NC(=O)CCCO[Si](c2ccccc2)(c2ccccc2)C(C)(C)C)CC1. The highest BCUT2D eigenvalue weighted by Gasteiger charge is 2.49. The van der Waals surface area contributed by atoms with Gasteiger partial charge in [-0.15, -0.1) is 0 Å². The van der Waals surface area contributed by atoms with Gasteiger partial charge in [-0.25, -0.2) is 0 Å². The van der Waals surface area contributed by atoms with Gasteiger partial charge in [0.05, 0.1) is 18.0 Å². The third-order valence-electron chi connectivity index (χ3n) is 7.90. The Morgan fingerprint density at radius 1 is 0.902 bits per heavy atom. The molecule has 7 nitrogen and oxygen atoms in total. The van der Waals surface area contributed by atoms with Crippen LogP contribution in [0.1, 0.15) is 33.6 Å². The van der Waals surface area contributed by atoms with Crippen molar-refractivity contribution < 1.29 is 14.0 Å². The van der Waals surface area contributed by atoms with Gasteiger partial charge in [-0.05, 0) is 40.0 Å². The summed E-state index contributed by atoms with van der Waals surface area (Å²) in [4.78, 5) is 17.9. The highest BCUT2D eigenvalue weighted by molar-refractivity contribution is 6.99. The van der Waals surface area contributed by atoms with Crippen molar-refractivity contribution >= 4 is 41.7 Å². The van der Waals surface area contributed by atoms with Crippen LogP contribution in [-0.2, 0) is 14.0 Å². The van der Waals surface area contributed by atoms with E-state index in [1.54, 1.807) is 7.11 Å². The quantitative estimate of drug-likeness (QED) is 0.190. The van der Waals surface area contributed by atoms with E-state index >= 15 is 0 Å². The maximum absolute atomic E-state index is 13.2. The van der Waals surface area contributed by atoms with Crippen LogP contribution in [0.25, 0.3) is 0 Å². The number of nitrogens with zero attached hydrogens (tertiary/aromatic N) is 2. The van der Waals surface area contributed by atoms with Crippen LogP contribution in [0.2, 0.25) is 5.04 Å². The Bertz CT molecular complexity index is 1200. The zero-order valence-electron chi connectivity index (χ0n) is 25.1. The lowest BCUT2D eigenvalue weighted by Gasteiger charge is -2.43. The lowest BCUT2D eigenvalue weighted by Crippen LogP contribution is -2.66. The van der Waals surface area contributed by atoms with E-state index in [0.717, 1.165) is 50.7 Å². The van der Waals surface area contributed by atoms with E-state index in [1.807, 2.05) is 30.3 Å². The van der Waals surface area contributed by atoms with Crippen molar-refractivity contribution in [2.45, 2.75) is 38.7 Å². The lowest BCUT2D eigenvalue weighted by atomic mass is 10.2. The number of nitrogen functional groups attached to an aromatic ring is 1. The predicted octanol–water partition coefficient (Wildman–Crippen LogP) is 4.33. The van der Waals surface area contributed by atoms with E-state index in [4.69, 9.17) is 14.9 Å². The molecule has 1 heterocycles. The van der Waals surface area contributed by atoms with Crippen molar-refractivity contribution in [3.05, 3.63) is 78.9 Å². The summed E-state index contributed by atoms with van der Waals surface area (Å²) in [5.74, 6) is -0.0263. The second-order valence-corrected chi connectivity index (χ2v) is 16.1. The van der Waals surface area contributed by atoms with Crippen molar-refractivity contribution in [2.75, 3.05) is 69.0 Å². The molecule has 3 aromatic rings. The third kappa shape index (κ3) is 7.57. The van der Waals surface area contributed by atoms with Crippen LogP contribution >= 0.6 is 0 Å². The molecule has 8 heteroatoms. The van der Waals surface area contributed by atoms with Crippen LogP contribution in [0.15, 0.2) is 78.9 Å². The van der Waals surface area contributed by atoms with E-state index in [0.29, 0.717) is 25.1 Å². The molecule has 0 radical (unpaired) electrons. The molecule has 1 saturated heterocycles. The molecular formula is C33H46N4O3Si. The fraction of sp³-hybridized carbons (Fsp3) is 0.424. The minimum absolute atomic E-state index is 0.0263. The van der Waals surface area contributed by atoms with E-state index in [-0.39, 0.29) is 10.9 Å². The zero-order chi connectivity index (χ0) is 29.3. The van der Waals surface area contributed by atoms with Gasteiger partial charge in [0.1, 0.15) is 0 Å². The van der Waals surface area contributed by atoms with Crippen molar-refractivity contribution in [1.82, 2.24) is 4.90 Å². The highest BCUT2D eigenvalue weighted by Crippen LogP contribution is 2.37. The fourth-order valence-electron chi connectivity index (χ4n) is 5.79. The van der Waals surface area contributed by atoms with E-state index in [9.17, 15) is 4.79 Å². The van der Waals surface area contributed by atoms with Gasteiger partial charge in [-0.1, -0.05) is 81.4 Å². The molecule has 0 spiro atoms. The molecule has 1 fully saturated rings. The normalized spacial score (nSPS) is 14.7. The summed E-state index contributed by atoms with van der Waals surface area (Å²) < 4.78 is 12.2. The van der Waals surface area contributed by atoms with Crippen LogP contribution in [0.5, 0.6) is 0 Å². The first-order chi connectivity index (χ1) is 19.7. The van der Waals surface area contributed by atoms with Crippen LogP contribution in [0, 0.1) is 0 Å². The second-order valence-electron chi connectivity index (χ2n) is 11.8. The Kier molecular flexibility index (Phi) is 10.6. The van der Waals surface area contributed by atoms with Crippen molar-refractivity contribution in [3.63, 3.8) is 0 Å². The first-order valence-corrected chi connectivity index (χ1v) is 16.6. The Morgan fingerprint density at radius 2 is 1.51 bits per heavy atom. The van der Waals surface area contributed by atoms with Crippen LogP contribution < -0.4 is 26.3 Å². The van der Waals surface area contributed by atoms with Crippen molar-refractivity contribution in [2.24, 2.45) is 0 Å². The Balaban J connectivity index is 1.41. The number of nitrogens with one attached hydrogen (secondary N) is 1. The van der Waals surface area contributed by atoms with Gasteiger partial charge in [0.2, 0.25) is 5.91 Å². The number of nitrogens with two attached hydrogens (primary N) is 1. The van der Waals surface area contributed by atoms with E-state index in [1.165, 1.54) is 10.4 Å². The number of amides is 1. The average Bonchev–Trinajstić information content (AvgIpc) is 2.97. The molecule has 4 rings (SSSR count). The van der Waals surface area contributed by atoms with E-state index in [2.05, 4.69) is 84.4 Å². The summed E-state index contributed by atoms with van der Waals surface area (Å²) in [6, 6.07) is 27.0. The number of hydrogen-bond acceptors (Lipinski definition) is 6. The molecule has 1 aliphatic heterocycles. The highest BCUT2D eigenvalue weighted by atomic mass is 28.4. The Hall–Kier alpha value is -3.17. The standard InChI is InChI=1S/C33H46N4O3Si/c1-33(2,3)41(28-12-7-5-8-13-28,29-14-9-6-10-15-29)40-24-11-16-32(38)35-30-26-27(34)17-18-31(30)37-21-19-36(20-22-37)23-25-39-4/h5-10,12-15,17-18,26H,11,16,19-25,34H2,1-4H3,(H,35,38). The molecule has 0 aromatic heterocycles. The first-order valence-electron chi connectivity index (χ1n) is 14.7. The van der Waals surface area contributed by atoms with Crippen molar-refractivity contribution in [3.8, 4) is 0 Å². The molecule has 41 heavy (non-hydrogen) atoms. The topological polar surface area (TPSA) is 80.1 Å². The predicted molar refractivity (Wildman–Crippen MR) is 173 cm³/mol. The number of methoxy groups -OCH3 is 1. The van der Waals surface area contributed by atoms with Crippen LogP contribution in [-0.4, -0.2) is 72.2 Å². The average molecular weight is 575 g/mol. The monoisotopic (exact) mass is 574 g/mol. The Morgan fingerprint density at radius 3 is 2.07 bits per heavy atom. The summed E-state index contributed by atoms with van der Waals surface area (Å²) >= 11 is 0. The molecule has 3 N–H and O–H groups in total.